The Morgan fingerprint density at radius 2 is 1.85 bits per heavy atom. The van der Waals surface area contributed by atoms with Crippen molar-refractivity contribution in [2.24, 2.45) is 5.92 Å². The fraction of sp³-hybridized carbons (Fsp3) is 0.917. The molecule has 0 amide bonds. The van der Waals surface area contributed by atoms with Gasteiger partial charge in [0, 0.05) is 25.6 Å². The van der Waals surface area contributed by atoms with Gasteiger partial charge in [0.2, 0.25) is 0 Å². The molecule has 0 rings (SSSR count). The molecule has 0 aliphatic heterocycles. The number of rotatable bonds is 8. The normalized spacial score (nSPS) is 12.8. The molecule has 0 saturated carbocycles. The Morgan fingerprint density at radius 1 is 1.35 bits per heavy atom. The molecule has 0 aromatic rings. The van der Waals surface area contributed by atoms with Crippen molar-refractivity contribution in [3.8, 4) is 0 Å². The highest BCUT2D eigenvalue weighted by molar-refractivity contribution is 5.70. The Balaban J connectivity index is 0. The molecule has 20 heavy (non-hydrogen) atoms. The lowest BCUT2D eigenvalue weighted by molar-refractivity contribution is -0.367. The third-order valence-corrected chi connectivity index (χ3v) is 2.47. The number of likely N-dealkylation sites (N-methyl/N-ethyl adjacent to an activating group) is 1. The summed E-state index contributed by atoms with van der Waals surface area (Å²) in [4.78, 5) is 8.78. The van der Waals surface area contributed by atoms with Gasteiger partial charge in [-0.2, -0.15) is 13.2 Å². The van der Waals surface area contributed by atoms with Crippen LogP contribution < -0.4 is 21.5 Å². The van der Waals surface area contributed by atoms with Gasteiger partial charge in [-0.1, -0.05) is 20.8 Å². The van der Waals surface area contributed by atoms with Crippen LogP contribution in [0.15, 0.2) is 0 Å². The van der Waals surface area contributed by atoms with E-state index in [2.05, 4.69) is 37.1 Å². The number of carbonyl (C=O) groups excluding carboxylic acids is 1. The lowest BCUT2D eigenvalue weighted by Crippen LogP contribution is -2.51. The molecule has 0 unspecified atom stereocenters. The zero-order valence-electron chi connectivity index (χ0n) is 12.3. The molecule has 0 fully saturated rings. The molecule has 1 atom stereocenters. The minimum atomic E-state index is -5.19. The number of hydrogen-bond donors (Lipinski definition) is 3. The molecule has 0 heterocycles. The zero-order chi connectivity index (χ0) is 16.2. The summed E-state index contributed by atoms with van der Waals surface area (Å²) in [5, 5.41) is 15.7. The topological polar surface area (TPSA) is 91.8 Å². The van der Waals surface area contributed by atoms with E-state index in [9.17, 15) is 13.2 Å². The molecule has 0 aromatic carbocycles. The molecule has 0 aromatic heterocycles. The minimum absolute atomic E-state index is 0.606. The SMILES string of the molecule is CCN[C@H](CNCCC[NH3+])C(C)C.O=C([O-])C(F)(F)F. The van der Waals surface area contributed by atoms with Crippen LogP contribution in [0, 0.1) is 5.92 Å². The molecule has 8 heteroatoms. The Labute approximate surface area is 118 Å². The van der Waals surface area contributed by atoms with Crippen molar-refractivity contribution in [1.82, 2.24) is 10.6 Å². The highest BCUT2D eigenvalue weighted by atomic mass is 19.4. The fourth-order valence-electron chi connectivity index (χ4n) is 1.31. The molecular formula is C12H26F3N3O2. The molecule has 0 aliphatic carbocycles. The second-order valence-electron chi connectivity index (χ2n) is 4.60. The molecule has 0 spiro atoms. The van der Waals surface area contributed by atoms with Crippen molar-refractivity contribution in [1.29, 1.82) is 0 Å². The van der Waals surface area contributed by atoms with E-state index in [0.717, 1.165) is 26.2 Å². The molecule has 5 N–H and O–H groups in total. The van der Waals surface area contributed by atoms with Gasteiger partial charge in [0.15, 0.2) is 0 Å². The summed E-state index contributed by atoms with van der Waals surface area (Å²) in [6.07, 6.45) is -4.02. The third-order valence-electron chi connectivity index (χ3n) is 2.47. The summed E-state index contributed by atoms with van der Waals surface area (Å²) >= 11 is 0. The Hall–Kier alpha value is -0.860. The maximum absolute atomic E-state index is 10.5. The minimum Gasteiger partial charge on any atom is -0.542 e. The number of aliphatic carboxylic acids is 1. The van der Waals surface area contributed by atoms with Gasteiger partial charge < -0.3 is 26.3 Å². The van der Waals surface area contributed by atoms with Crippen molar-refractivity contribution in [3.63, 3.8) is 0 Å². The maximum Gasteiger partial charge on any atom is 0.430 e. The standard InChI is InChI=1S/C10H25N3.C2HF3O2/c1-4-13-10(9(2)3)8-12-7-5-6-11;3-2(4,5)1(6)7/h9-10,12-13H,4-8,11H2,1-3H3;(H,6,7)/t10-;/m1./s1. The number of alkyl halides is 3. The van der Waals surface area contributed by atoms with Crippen LogP contribution in [0.3, 0.4) is 0 Å². The first-order valence-electron chi connectivity index (χ1n) is 6.68. The van der Waals surface area contributed by atoms with Gasteiger partial charge in [-0.15, -0.1) is 0 Å². The molecule has 0 saturated heterocycles. The smallest absolute Gasteiger partial charge is 0.430 e. The zero-order valence-corrected chi connectivity index (χ0v) is 12.3. The number of carboxylic acid groups (broad SMARTS) is 1. The van der Waals surface area contributed by atoms with E-state index in [4.69, 9.17) is 9.90 Å². The van der Waals surface area contributed by atoms with Crippen LogP contribution >= 0.6 is 0 Å². The van der Waals surface area contributed by atoms with Crippen molar-refractivity contribution >= 4 is 5.97 Å². The summed E-state index contributed by atoms with van der Waals surface area (Å²) in [5.41, 5.74) is 3.82. The monoisotopic (exact) mass is 301 g/mol. The molecule has 0 aliphatic rings. The summed E-state index contributed by atoms with van der Waals surface area (Å²) in [6.45, 7) is 10.9. The summed E-state index contributed by atoms with van der Waals surface area (Å²) in [5.74, 6) is -2.31. The van der Waals surface area contributed by atoms with Crippen molar-refractivity contribution in [2.45, 2.75) is 39.4 Å². The fourth-order valence-corrected chi connectivity index (χ4v) is 1.31. The molecule has 5 nitrogen and oxygen atoms in total. The summed E-state index contributed by atoms with van der Waals surface area (Å²) in [7, 11) is 0. The maximum atomic E-state index is 10.5. The van der Waals surface area contributed by atoms with Crippen LogP contribution in [-0.2, 0) is 4.79 Å². The third kappa shape index (κ3) is 13.6. The summed E-state index contributed by atoms with van der Waals surface area (Å²) in [6, 6.07) is 0.606. The van der Waals surface area contributed by atoms with Crippen LogP contribution in [0.4, 0.5) is 13.2 Å². The number of carbonyl (C=O) groups is 1. The average molecular weight is 301 g/mol. The van der Waals surface area contributed by atoms with E-state index in [1.54, 1.807) is 0 Å². The van der Waals surface area contributed by atoms with Crippen molar-refractivity contribution in [3.05, 3.63) is 0 Å². The molecular weight excluding hydrogens is 275 g/mol. The highest BCUT2D eigenvalue weighted by Gasteiger charge is 2.28. The quantitative estimate of drug-likeness (QED) is 0.509. The molecule has 0 bridgehead atoms. The van der Waals surface area contributed by atoms with E-state index in [0.29, 0.717) is 12.0 Å². The molecule has 0 radical (unpaired) electrons. The number of halogens is 3. The van der Waals surface area contributed by atoms with Crippen LogP contribution in [-0.4, -0.2) is 44.4 Å². The van der Waals surface area contributed by atoms with Crippen LogP contribution in [0.5, 0.6) is 0 Å². The Bertz CT molecular complexity index is 249. The van der Waals surface area contributed by atoms with E-state index in [1.165, 1.54) is 6.42 Å². The second kappa shape index (κ2) is 11.9. The largest absolute Gasteiger partial charge is 0.542 e. The first-order chi connectivity index (χ1) is 9.16. The summed E-state index contributed by atoms with van der Waals surface area (Å²) < 4.78 is 31.5. The number of hydrogen-bond acceptors (Lipinski definition) is 4. The number of quaternary nitrogens is 1. The predicted octanol–water partition coefficient (Wildman–Crippen LogP) is -0.859. The van der Waals surface area contributed by atoms with Gasteiger partial charge in [-0.25, -0.2) is 0 Å². The van der Waals surface area contributed by atoms with E-state index >= 15 is 0 Å². The Kier molecular flexibility index (Phi) is 12.8. The number of carboxylic acids is 1. The Morgan fingerprint density at radius 3 is 2.15 bits per heavy atom. The number of nitrogens with one attached hydrogen (secondary N) is 2. The van der Waals surface area contributed by atoms with E-state index < -0.39 is 12.1 Å². The van der Waals surface area contributed by atoms with Gasteiger partial charge in [0.1, 0.15) is 5.97 Å². The van der Waals surface area contributed by atoms with Gasteiger partial charge in [-0.05, 0) is 12.5 Å². The molecule has 122 valence electrons. The van der Waals surface area contributed by atoms with Gasteiger partial charge in [0.05, 0.1) is 6.54 Å². The lowest BCUT2D eigenvalue weighted by Gasteiger charge is -2.22. The lowest BCUT2D eigenvalue weighted by atomic mass is 10.0. The van der Waals surface area contributed by atoms with E-state index in [-0.39, 0.29) is 0 Å². The van der Waals surface area contributed by atoms with E-state index in [1.807, 2.05) is 0 Å². The van der Waals surface area contributed by atoms with Gasteiger partial charge in [0.25, 0.3) is 0 Å². The van der Waals surface area contributed by atoms with Crippen molar-refractivity contribution in [2.75, 3.05) is 26.2 Å². The average Bonchev–Trinajstić information content (AvgIpc) is 2.32. The van der Waals surface area contributed by atoms with Crippen LogP contribution in [0.2, 0.25) is 0 Å². The second-order valence-corrected chi connectivity index (χ2v) is 4.60. The van der Waals surface area contributed by atoms with Gasteiger partial charge in [-0.3, -0.25) is 0 Å². The van der Waals surface area contributed by atoms with Crippen molar-refractivity contribution < 1.29 is 28.8 Å². The van der Waals surface area contributed by atoms with Gasteiger partial charge >= 0.3 is 6.18 Å². The van der Waals surface area contributed by atoms with Crippen LogP contribution in [0.1, 0.15) is 27.2 Å². The van der Waals surface area contributed by atoms with Crippen LogP contribution in [0.25, 0.3) is 0 Å². The highest BCUT2D eigenvalue weighted by Crippen LogP contribution is 2.11. The first kappa shape index (κ1) is 21.4. The predicted molar refractivity (Wildman–Crippen MR) is 68.6 cm³/mol. The first-order valence-corrected chi connectivity index (χ1v) is 6.68.